The Bertz CT molecular complexity index is 195. The van der Waals surface area contributed by atoms with E-state index in [1.54, 1.807) is 0 Å². The number of ether oxygens (including phenoxy) is 1. The minimum atomic E-state index is 0.418. The van der Waals surface area contributed by atoms with E-state index in [2.05, 4.69) is 0 Å². The van der Waals surface area contributed by atoms with Crippen molar-refractivity contribution in [2.24, 2.45) is 11.7 Å². The largest absolute Gasteiger partial charge is 0.378 e. The van der Waals surface area contributed by atoms with E-state index < -0.39 is 0 Å². The van der Waals surface area contributed by atoms with Crippen molar-refractivity contribution in [1.29, 1.82) is 0 Å². The quantitative estimate of drug-likeness (QED) is 0.768. The normalized spacial score (nSPS) is 28.4. The van der Waals surface area contributed by atoms with Crippen LogP contribution in [0, 0.1) is 5.92 Å². The van der Waals surface area contributed by atoms with Crippen molar-refractivity contribution in [2.75, 3.05) is 6.61 Å². The fraction of sp³-hybridized carbons (Fsp3) is 1.00. The van der Waals surface area contributed by atoms with Gasteiger partial charge in [0.05, 0.1) is 6.10 Å². The highest BCUT2D eigenvalue weighted by atomic mass is 16.5. The SMILES string of the molecule is NC(CCC1CCCCC1)CCC1CCCO1. The summed E-state index contributed by atoms with van der Waals surface area (Å²) >= 11 is 0. The summed E-state index contributed by atoms with van der Waals surface area (Å²) in [6.45, 7) is 0.974. The van der Waals surface area contributed by atoms with Crippen LogP contribution in [0.5, 0.6) is 0 Å². The fourth-order valence-corrected chi connectivity index (χ4v) is 3.34. The van der Waals surface area contributed by atoms with Crippen LogP contribution in [0.1, 0.15) is 70.6 Å². The molecule has 2 nitrogen and oxygen atoms in total. The molecule has 2 unspecified atom stereocenters. The minimum Gasteiger partial charge on any atom is -0.378 e. The van der Waals surface area contributed by atoms with Crippen LogP contribution >= 0.6 is 0 Å². The molecule has 0 aromatic carbocycles. The molecule has 2 N–H and O–H groups in total. The van der Waals surface area contributed by atoms with Crippen LogP contribution in [0.2, 0.25) is 0 Å². The van der Waals surface area contributed by atoms with Crippen LogP contribution < -0.4 is 5.73 Å². The Hall–Kier alpha value is -0.0800. The van der Waals surface area contributed by atoms with Crippen LogP contribution in [0.15, 0.2) is 0 Å². The monoisotopic (exact) mass is 239 g/mol. The van der Waals surface area contributed by atoms with Gasteiger partial charge in [-0.1, -0.05) is 32.1 Å². The predicted octanol–water partition coefficient (Wildman–Crippen LogP) is 3.63. The van der Waals surface area contributed by atoms with E-state index in [1.165, 1.54) is 64.2 Å². The summed E-state index contributed by atoms with van der Waals surface area (Å²) in [5, 5.41) is 0. The van der Waals surface area contributed by atoms with E-state index in [9.17, 15) is 0 Å². The maximum absolute atomic E-state index is 6.21. The second-order valence-corrected chi connectivity index (χ2v) is 6.05. The molecule has 1 heterocycles. The predicted molar refractivity (Wildman–Crippen MR) is 72.0 cm³/mol. The summed E-state index contributed by atoms with van der Waals surface area (Å²) < 4.78 is 5.64. The van der Waals surface area contributed by atoms with E-state index in [0.717, 1.165) is 18.9 Å². The first-order valence-corrected chi connectivity index (χ1v) is 7.72. The molecule has 0 bridgehead atoms. The first-order valence-electron chi connectivity index (χ1n) is 7.72. The third kappa shape index (κ3) is 4.97. The van der Waals surface area contributed by atoms with Crippen molar-refractivity contribution in [3.63, 3.8) is 0 Å². The van der Waals surface area contributed by atoms with Crippen molar-refractivity contribution < 1.29 is 4.74 Å². The Morgan fingerprint density at radius 1 is 0.941 bits per heavy atom. The van der Waals surface area contributed by atoms with Crippen LogP contribution in [0.3, 0.4) is 0 Å². The standard InChI is InChI=1S/C15H29NO/c16-14(10-11-15-7-4-12-17-15)9-8-13-5-2-1-3-6-13/h13-15H,1-12,16H2. The Balaban J connectivity index is 1.52. The Labute approximate surface area is 106 Å². The van der Waals surface area contributed by atoms with Crippen molar-refractivity contribution in [3.8, 4) is 0 Å². The molecule has 0 amide bonds. The van der Waals surface area contributed by atoms with Gasteiger partial charge in [0.15, 0.2) is 0 Å². The maximum atomic E-state index is 6.21. The van der Waals surface area contributed by atoms with Gasteiger partial charge >= 0.3 is 0 Å². The Kier molecular flexibility index (Phi) is 5.79. The first kappa shape index (κ1) is 13.4. The van der Waals surface area contributed by atoms with Crippen molar-refractivity contribution in [1.82, 2.24) is 0 Å². The zero-order chi connectivity index (χ0) is 11.9. The maximum Gasteiger partial charge on any atom is 0.0576 e. The molecule has 1 aliphatic carbocycles. The highest BCUT2D eigenvalue weighted by Gasteiger charge is 2.18. The van der Waals surface area contributed by atoms with Gasteiger partial charge in [0.25, 0.3) is 0 Å². The fourth-order valence-electron chi connectivity index (χ4n) is 3.34. The number of nitrogens with two attached hydrogens (primary N) is 1. The lowest BCUT2D eigenvalue weighted by atomic mass is 9.85. The summed E-state index contributed by atoms with van der Waals surface area (Å²) in [5.41, 5.74) is 6.21. The smallest absolute Gasteiger partial charge is 0.0576 e. The average Bonchev–Trinajstić information content (AvgIpc) is 2.88. The second-order valence-electron chi connectivity index (χ2n) is 6.05. The van der Waals surface area contributed by atoms with E-state index in [4.69, 9.17) is 10.5 Å². The summed E-state index contributed by atoms with van der Waals surface area (Å²) in [6, 6.07) is 0.418. The molecule has 2 aliphatic rings. The lowest BCUT2D eigenvalue weighted by Gasteiger charge is -2.23. The summed E-state index contributed by atoms with van der Waals surface area (Å²) in [5.74, 6) is 0.984. The van der Waals surface area contributed by atoms with Gasteiger partial charge in [-0.25, -0.2) is 0 Å². The highest BCUT2D eigenvalue weighted by molar-refractivity contribution is 4.72. The molecule has 1 aliphatic heterocycles. The molecule has 0 spiro atoms. The van der Waals surface area contributed by atoms with Gasteiger partial charge in [-0.2, -0.15) is 0 Å². The molecule has 17 heavy (non-hydrogen) atoms. The van der Waals surface area contributed by atoms with Gasteiger partial charge in [-0.05, 0) is 44.4 Å². The van der Waals surface area contributed by atoms with Crippen molar-refractivity contribution in [2.45, 2.75) is 82.8 Å². The van der Waals surface area contributed by atoms with Gasteiger partial charge in [0.1, 0.15) is 0 Å². The molecule has 2 rings (SSSR count). The molecular formula is C15H29NO. The summed E-state index contributed by atoms with van der Waals surface area (Å²) in [7, 11) is 0. The van der Waals surface area contributed by atoms with Crippen LogP contribution in [-0.2, 0) is 4.74 Å². The minimum absolute atomic E-state index is 0.418. The molecule has 100 valence electrons. The number of rotatable bonds is 6. The van der Waals surface area contributed by atoms with Gasteiger partial charge in [0, 0.05) is 12.6 Å². The van der Waals surface area contributed by atoms with Crippen molar-refractivity contribution >= 4 is 0 Å². The number of hydrogen-bond donors (Lipinski definition) is 1. The van der Waals surface area contributed by atoms with Crippen LogP contribution in [0.4, 0.5) is 0 Å². The third-order valence-corrected chi connectivity index (χ3v) is 4.55. The lowest BCUT2D eigenvalue weighted by Crippen LogP contribution is -2.23. The number of hydrogen-bond acceptors (Lipinski definition) is 2. The molecule has 0 radical (unpaired) electrons. The topological polar surface area (TPSA) is 35.2 Å². The molecule has 2 heteroatoms. The zero-order valence-corrected chi connectivity index (χ0v) is 11.2. The third-order valence-electron chi connectivity index (χ3n) is 4.55. The van der Waals surface area contributed by atoms with E-state index in [1.807, 2.05) is 0 Å². The summed E-state index contributed by atoms with van der Waals surface area (Å²) in [4.78, 5) is 0. The van der Waals surface area contributed by atoms with Gasteiger partial charge in [0.2, 0.25) is 0 Å². The lowest BCUT2D eigenvalue weighted by molar-refractivity contribution is 0.100. The second kappa shape index (κ2) is 7.38. The Morgan fingerprint density at radius 2 is 1.71 bits per heavy atom. The average molecular weight is 239 g/mol. The molecular weight excluding hydrogens is 210 g/mol. The molecule has 2 atom stereocenters. The first-order chi connectivity index (χ1) is 8.34. The van der Waals surface area contributed by atoms with Gasteiger partial charge < -0.3 is 10.5 Å². The molecule has 0 aromatic heterocycles. The van der Waals surface area contributed by atoms with Gasteiger partial charge in [-0.15, -0.1) is 0 Å². The molecule has 0 aromatic rings. The van der Waals surface area contributed by atoms with E-state index >= 15 is 0 Å². The molecule has 1 saturated heterocycles. The van der Waals surface area contributed by atoms with E-state index in [-0.39, 0.29) is 0 Å². The molecule has 2 fully saturated rings. The molecule has 1 saturated carbocycles. The summed E-state index contributed by atoms with van der Waals surface area (Å²) in [6.07, 6.45) is 15.3. The van der Waals surface area contributed by atoms with Gasteiger partial charge in [-0.3, -0.25) is 0 Å². The van der Waals surface area contributed by atoms with E-state index in [0.29, 0.717) is 12.1 Å². The highest BCUT2D eigenvalue weighted by Crippen LogP contribution is 2.28. The zero-order valence-electron chi connectivity index (χ0n) is 11.2. The van der Waals surface area contributed by atoms with Crippen LogP contribution in [-0.4, -0.2) is 18.8 Å². The Morgan fingerprint density at radius 3 is 2.41 bits per heavy atom. The van der Waals surface area contributed by atoms with Crippen LogP contribution in [0.25, 0.3) is 0 Å². The van der Waals surface area contributed by atoms with Crippen molar-refractivity contribution in [3.05, 3.63) is 0 Å².